The second kappa shape index (κ2) is 41.2. The molecule has 440 valence electrons. The lowest BCUT2D eigenvalue weighted by Gasteiger charge is -2.44. The van der Waals surface area contributed by atoms with Crippen LogP contribution in [-0.2, 0) is 47.6 Å². The second-order valence-electron chi connectivity index (χ2n) is 23.3. The molecule has 13 nitrogen and oxygen atoms in total. The highest BCUT2D eigenvalue weighted by Gasteiger charge is 2.52. The number of hydrogen-bond acceptors (Lipinski definition) is 12. The van der Waals surface area contributed by atoms with Gasteiger partial charge in [0.15, 0.2) is 18.5 Å². The summed E-state index contributed by atoms with van der Waals surface area (Å²) in [4.78, 5) is 50.5. The lowest BCUT2D eigenvalue weighted by atomic mass is 9.98. The predicted octanol–water partition coefficient (Wildman–Crippen LogP) is 13.7. The van der Waals surface area contributed by atoms with Crippen molar-refractivity contribution in [3.05, 3.63) is 23.8 Å². The molecule has 1 amide bonds. The molecule has 76 heavy (non-hydrogen) atoms. The largest absolute Gasteiger partial charge is 0.463 e. The van der Waals surface area contributed by atoms with Gasteiger partial charge in [-0.25, -0.2) is 0 Å². The third kappa shape index (κ3) is 31.1. The van der Waals surface area contributed by atoms with Crippen molar-refractivity contribution in [2.24, 2.45) is 23.7 Å². The Kier molecular flexibility index (Phi) is 36.6. The predicted molar refractivity (Wildman–Crippen MR) is 302 cm³/mol. The van der Waals surface area contributed by atoms with Crippen LogP contribution in [0.3, 0.4) is 0 Å². The molecule has 2 aliphatic carbocycles. The Bertz CT molecular complexity index is 1620. The van der Waals surface area contributed by atoms with Gasteiger partial charge in [0.05, 0.1) is 25.4 Å². The van der Waals surface area contributed by atoms with Crippen molar-refractivity contribution in [3.8, 4) is 0 Å². The SMILES string of the molecule is CCCCCCCCCC[C@@H]1C[C@@H]1CCCC/C=C\CC[C@@H](O)C(=O)N[C@@H](CO[C@@H]1O[C@H](COC(C)=O)[C@H](OC(C)=O)[C@H](OC(C)=O)[C@H]1OCC=C(C)C)[C@H](O)CCCCCCC[C@H]1C[C@H]1CCCCCCCCCC. The van der Waals surface area contributed by atoms with Gasteiger partial charge in [-0.05, 0) is 82.5 Å². The molecule has 3 N–H and O–H groups in total. The molecule has 3 fully saturated rings. The summed E-state index contributed by atoms with van der Waals surface area (Å²) in [5, 5.41) is 25.7. The minimum absolute atomic E-state index is 0.0691. The van der Waals surface area contributed by atoms with Crippen LogP contribution in [-0.4, -0.2) is 103 Å². The highest BCUT2D eigenvalue weighted by Crippen LogP contribution is 2.46. The van der Waals surface area contributed by atoms with E-state index in [1.54, 1.807) is 0 Å². The smallest absolute Gasteiger partial charge is 0.303 e. The van der Waals surface area contributed by atoms with Gasteiger partial charge in [-0.2, -0.15) is 0 Å². The van der Waals surface area contributed by atoms with E-state index in [0.717, 1.165) is 67.8 Å². The van der Waals surface area contributed by atoms with Crippen LogP contribution in [0.15, 0.2) is 23.8 Å². The Labute approximate surface area is 461 Å². The van der Waals surface area contributed by atoms with Crippen LogP contribution in [0.5, 0.6) is 0 Å². The average molecular weight is 1070 g/mol. The molecule has 0 radical (unpaired) electrons. The Morgan fingerprint density at radius 1 is 0.553 bits per heavy atom. The first-order valence-electron chi connectivity index (χ1n) is 31.0. The van der Waals surface area contributed by atoms with Gasteiger partial charge < -0.3 is 44.0 Å². The quantitative estimate of drug-likeness (QED) is 0.0228. The van der Waals surface area contributed by atoms with Crippen LogP contribution in [0.4, 0.5) is 0 Å². The van der Waals surface area contributed by atoms with Crippen LogP contribution in [0.1, 0.15) is 260 Å². The number of nitrogens with one attached hydrogen (secondary N) is 1. The summed E-state index contributed by atoms with van der Waals surface area (Å²) < 4.78 is 35.6. The van der Waals surface area contributed by atoms with E-state index in [1.807, 2.05) is 26.0 Å². The molecular weight excluding hydrogens is 963 g/mol. The Morgan fingerprint density at radius 2 is 1.03 bits per heavy atom. The number of rotatable bonds is 47. The van der Waals surface area contributed by atoms with Crippen LogP contribution in [0.2, 0.25) is 0 Å². The minimum atomic E-state index is -1.31. The first kappa shape index (κ1) is 67.4. The maximum Gasteiger partial charge on any atom is 0.303 e. The third-order valence-corrected chi connectivity index (χ3v) is 16.0. The lowest BCUT2D eigenvalue weighted by molar-refractivity contribution is -0.313. The fraction of sp³-hybridized carbons (Fsp3) is 0.873. The van der Waals surface area contributed by atoms with Crippen LogP contribution < -0.4 is 5.32 Å². The number of aliphatic hydroxyl groups excluding tert-OH is 2. The number of carbonyl (C=O) groups is 4. The molecule has 0 aromatic heterocycles. The number of amides is 1. The molecule has 0 unspecified atom stereocenters. The number of hydrogen-bond donors (Lipinski definition) is 3. The number of carbonyl (C=O) groups excluding carboxylic acids is 4. The molecule has 3 aliphatic rings. The summed E-state index contributed by atoms with van der Waals surface area (Å²) in [6, 6.07) is -0.954. The summed E-state index contributed by atoms with van der Waals surface area (Å²) in [5.41, 5.74) is 0.963. The lowest BCUT2D eigenvalue weighted by Crippen LogP contribution is -2.63. The van der Waals surface area contributed by atoms with E-state index in [1.165, 1.54) is 175 Å². The molecular formula is C63H111NO12. The molecule has 1 heterocycles. The van der Waals surface area contributed by atoms with Gasteiger partial charge in [0, 0.05) is 20.8 Å². The average Bonchev–Trinajstić information content (AvgIpc) is 4.31. The molecule has 1 saturated heterocycles. The van der Waals surface area contributed by atoms with Crippen molar-refractivity contribution in [2.75, 3.05) is 19.8 Å². The highest BCUT2D eigenvalue weighted by molar-refractivity contribution is 5.80. The number of aliphatic hydroxyl groups is 2. The van der Waals surface area contributed by atoms with E-state index in [2.05, 4.69) is 25.2 Å². The molecule has 13 heteroatoms. The van der Waals surface area contributed by atoms with Gasteiger partial charge in [0.25, 0.3) is 0 Å². The fourth-order valence-electron chi connectivity index (χ4n) is 11.1. The minimum Gasteiger partial charge on any atom is -0.463 e. The van der Waals surface area contributed by atoms with Crippen molar-refractivity contribution < 1.29 is 57.8 Å². The number of allylic oxidation sites excluding steroid dienone is 3. The van der Waals surface area contributed by atoms with E-state index in [-0.39, 0.29) is 26.2 Å². The summed E-state index contributed by atoms with van der Waals surface area (Å²) in [6.45, 7) is 11.5. The zero-order chi connectivity index (χ0) is 55.3. The molecule has 0 aromatic carbocycles. The van der Waals surface area contributed by atoms with E-state index >= 15 is 0 Å². The van der Waals surface area contributed by atoms with Crippen molar-refractivity contribution >= 4 is 23.8 Å². The van der Waals surface area contributed by atoms with Crippen molar-refractivity contribution in [1.29, 1.82) is 0 Å². The third-order valence-electron chi connectivity index (χ3n) is 16.0. The van der Waals surface area contributed by atoms with E-state index in [0.29, 0.717) is 12.8 Å². The number of ether oxygens (including phenoxy) is 6. The Balaban J connectivity index is 1.54. The summed E-state index contributed by atoms with van der Waals surface area (Å²) in [6.07, 6.45) is 37.5. The number of unbranched alkanes of at least 4 members (excludes halogenated alkanes) is 20. The zero-order valence-electron chi connectivity index (χ0n) is 49.1. The Hall–Kier alpha value is -2.84. The molecule has 2 saturated carbocycles. The topological polar surface area (TPSA) is 176 Å². The van der Waals surface area contributed by atoms with E-state index in [9.17, 15) is 29.4 Å². The first-order valence-corrected chi connectivity index (χ1v) is 31.0. The summed E-state index contributed by atoms with van der Waals surface area (Å²) in [7, 11) is 0. The molecule has 3 rings (SSSR count). The van der Waals surface area contributed by atoms with Gasteiger partial charge in [-0.3, -0.25) is 19.2 Å². The van der Waals surface area contributed by atoms with Gasteiger partial charge in [0.2, 0.25) is 5.91 Å². The summed E-state index contributed by atoms with van der Waals surface area (Å²) in [5.74, 6) is 1.11. The second-order valence-corrected chi connectivity index (χ2v) is 23.3. The molecule has 1 aliphatic heterocycles. The van der Waals surface area contributed by atoms with Gasteiger partial charge >= 0.3 is 17.9 Å². The van der Waals surface area contributed by atoms with E-state index < -0.39 is 72.8 Å². The molecule has 0 spiro atoms. The van der Waals surface area contributed by atoms with Gasteiger partial charge in [0.1, 0.15) is 24.9 Å². The van der Waals surface area contributed by atoms with Crippen molar-refractivity contribution in [3.63, 3.8) is 0 Å². The maximum absolute atomic E-state index is 13.6. The van der Waals surface area contributed by atoms with Crippen LogP contribution in [0, 0.1) is 23.7 Å². The van der Waals surface area contributed by atoms with Gasteiger partial charge in [-0.1, -0.05) is 205 Å². The van der Waals surface area contributed by atoms with Gasteiger partial charge in [-0.15, -0.1) is 0 Å². The monoisotopic (exact) mass is 1070 g/mol. The molecule has 0 bridgehead atoms. The fourth-order valence-corrected chi connectivity index (χ4v) is 11.1. The Morgan fingerprint density at radius 3 is 1.53 bits per heavy atom. The standard InChI is InChI=1S/C63H111NO12/c1-8-10-12-14-16-18-23-29-35-51-43-53(51)37-31-25-20-21-27-34-40-57(69)62(70)64-55(56(68)39-33-28-22-26-32-38-54-44-52(54)36-30-24-19-17-15-13-11-9-2)45-73-63-61(71-42-41-47(3)4)60(75-50(7)67)59(74-49(6)66)58(76-63)46-72-48(5)65/h21,27,41,51-61,63,68-69H,8-20,22-26,28-40,42-46H2,1-7H3,(H,64,70)/b27-21-/t51-,52-,53+,54+,55+,56-,57-,58-,59+,60+,61-,63-/m1/s1. The zero-order valence-corrected chi connectivity index (χ0v) is 49.1. The molecule has 12 atom stereocenters. The number of esters is 3. The van der Waals surface area contributed by atoms with E-state index in [4.69, 9.17) is 28.4 Å². The van der Waals surface area contributed by atoms with Crippen molar-refractivity contribution in [2.45, 2.75) is 309 Å². The first-order chi connectivity index (χ1) is 36.7. The van der Waals surface area contributed by atoms with Crippen molar-refractivity contribution in [1.82, 2.24) is 5.32 Å². The maximum atomic E-state index is 13.6. The normalized spacial score (nSPS) is 24.1. The molecule has 0 aromatic rings. The van der Waals surface area contributed by atoms with Crippen LogP contribution >= 0.6 is 0 Å². The highest BCUT2D eigenvalue weighted by atomic mass is 16.7. The summed E-state index contributed by atoms with van der Waals surface area (Å²) >= 11 is 0. The van der Waals surface area contributed by atoms with Crippen LogP contribution in [0.25, 0.3) is 0 Å².